The molecule has 122 valence electrons. The Bertz CT molecular complexity index is 898. The number of hydrogen-bond acceptors (Lipinski definition) is 5. The molecule has 1 amide bonds. The second kappa shape index (κ2) is 6.88. The molecule has 0 saturated carbocycles. The fourth-order valence-corrected chi connectivity index (χ4v) is 3.76. The summed E-state index contributed by atoms with van der Waals surface area (Å²) in [5.41, 5.74) is 1.25. The Morgan fingerprint density at radius 2 is 2.17 bits per heavy atom. The van der Waals surface area contributed by atoms with Crippen molar-refractivity contribution >= 4 is 68.8 Å². The van der Waals surface area contributed by atoms with Crippen molar-refractivity contribution < 1.29 is 14.7 Å². The number of amides is 1. The number of carboxylic acid groups (broad SMARTS) is 1. The van der Waals surface area contributed by atoms with E-state index < -0.39 is 5.97 Å². The van der Waals surface area contributed by atoms with E-state index in [0.29, 0.717) is 25.5 Å². The van der Waals surface area contributed by atoms with Gasteiger partial charge in [-0.05, 0) is 18.2 Å². The van der Waals surface area contributed by atoms with Gasteiger partial charge in [0.2, 0.25) is 0 Å². The molecule has 1 aromatic carbocycles. The SMILES string of the molecule is O=C(O)CCN1C(=O)/C(=C/c2ccc3cccc(Cl)c3n2)SC1=S. The Morgan fingerprint density at radius 1 is 1.38 bits per heavy atom. The van der Waals surface area contributed by atoms with Gasteiger partial charge in [-0.15, -0.1) is 0 Å². The molecule has 0 unspecified atom stereocenters. The highest BCUT2D eigenvalue weighted by atomic mass is 35.5. The van der Waals surface area contributed by atoms with Gasteiger partial charge in [-0.25, -0.2) is 4.98 Å². The van der Waals surface area contributed by atoms with Gasteiger partial charge in [0.1, 0.15) is 4.32 Å². The van der Waals surface area contributed by atoms with Gasteiger partial charge >= 0.3 is 5.97 Å². The predicted molar refractivity (Wildman–Crippen MR) is 98.9 cm³/mol. The zero-order valence-electron chi connectivity index (χ0n) is 12.2. The molecule has 24 heavy (non-hydrogen) atoms. The molecule has 1 saturated heterocycles. The molecule has 1 fully saturated rings. The highest BCUT2D eigenvalue weighted by molar-refractivity contribution is 8.26. The van der Waals surface area contributed by atoms with Gasteiger partial charge in [0, 0.05) is 11.9 Å². The minimum Gasteiger partial charge on any atom is -0.481 e. The Hall–Kier alpha value is -1.96. The van der Waals surface area contributed by atoms with Crippen molar-refractivity contribution in [3.8, 4) is 0 Å². The third-order valence-corrected chi connectivity index (χ3v) is 5.08. The monoisotopic (exact) mass is 378 g/mol. The summed E-state index contributed by atoms with van der Waals surface area (Å²) in [6, 6.07) is 9.18. The molecule has 1 aliphatic heterocycles. The van der Waals surface area contributed by atoms with Crippen LogP contribution in [0.1, 0.15) is 12.1 Å². The summed E-state index contributed by atoms with van der Waals surface area (Å²) in [5, 5.41) is 10.2. The highest BCUT2D eigenvalue weighted by Crippen LogP contribution is 2.32. The van der Waals surface area contributed by atoms with E-state index in [0.717, 1.165) is 17.1 Å². The number of halogens is 1. The predicted octanol–water partition coefficient (Wildman–Crippen LogP) is 3.56. The number of benzene rings is 1. The fourth-order valence-electron chi connectivity index (χ4n) is 2.24. The molecule has 0 spiro atoms. The fraction of sp³-hybridized carbons (Fsp3) is 0.125. The van der Waals surface area contributed by atoms with Gasteiger partial charge in [0.15, 0.2) is 0 Å². The van der Waals surface area contributed by atoms with Crippen LogP contribution in [0.3, 0.4) is 0 Å². The molecule has 0 bridgehead atoms. The zero-order valence-corrected chi connectivity index (χ0v) is 14.6. The average molecular weight is 379 g/mol. The molecular weight excluding hydrogens is 368 g/mol. The quantitative estimate of drug-likeness (QED) is 0.648. The van der Waals surface area contributed by atoms with Crippen molar-refractivity contribution in [2.45, 2.75) is 6.42 Å². The van der Waals surface area contributed by atoms with Crippen molar-refractivity contribution in [1.29, 1.82) is 0 Å². The second-order valence-electron chi connectivity index (χ2n) is 5.02. The van der Waals surface area contributed by atoms with Crippen LogP contribution >= 0.6 is 35.6 Å². The Morgan fingerprint density at radius 3 is 2.92 bits per heavy atom. The Labute approximate surface area is 152 Å². The molecule has 2 aromatic rings. The number of thioether (sulfide) groups is 1. The lowest BCUT2D eigenvalue weighted by atomic mass is 10.2. The number of rotatable bonds is 4. The zero-order chi connectivity index (χ0) is 17.3. The third kappa shape index (κ3) is 3.43. The van der Waals surface area contributed by atoms with E-state index in [2.05, 4.69) is 4.98 Å². The molecule has 5 nitrogen and oxygen atoms in total. The average Bonchev–Trinajstić information content (AvgIpc) is 2.80. The van der Waals surface area contributed by atoms with Crippen LogP contribution < -0.4 is 0 Å². The van der Waals surface area contributed by atoms with Crippen molar-refractivity contribution in [3.05, 3.63) is 46.0 Å². The number of aliphatic carboxylic acids is 1. The molecule has 0 radical (unpaired) electrons. The van der Waals surface area contributed by atoms with Crippen LogP contribution in [0.2, 0.25) is 5.02 Å². The lowest BCUT2D eigenvalue weighted by Gasteiger charge is -2.12. The van der Waals surface area contributed by atoms with Crippen molar-refractivity contribution in [1.82, 2.24) is 9.88 Å². The summed E-state index contributed by atoms with van der Waals surface area (Å²) in [5.74, 6) is -1.27. The van der Waals surface area contributed by atoms with E-state index >= 15 is 0 Å². The van der Waals surface area contributed by atoms with Crippen molar-refractivity contribution in [2.75, 3.05) is 6.54 Å². The molecule has 0 atom stereocenters. The maximum Gasteiger partial charge on any atom is 0.305 e. The summed E-state index contributed by atoms with van der Waals surface area (Å²) < 4.78 is 0.353. The van der Waals surface area contributed by atoms with Crippen LogP contribution in [0.5, 0.6) is 0 Å². The molecule has 2 heterocycles. The molecule has 1 aliphatic rings. The van der Waals surface area contributed by atoms with Crippen LogP contribution in [0.4, 0.5) is 0 Å². The van der Waals surface area contributed by atoms with Crippen LogP contribution in [-0.4, -0.2) is 37.7 Å². The number of para-hydroxylation sites is 1. The maximum atomic E-state index is 12.4. The number of carbonyl (C=O) groups excluding carboxylic acids is 1. The molecular formula is C16H11ClN2O3S2. The van der Waals surface area contributed by atoms with E-state index in [1.807, 2.05) is 18.2 Å². The lowest BCUT2D eigenvalue weighted by molar-refractivity contribution is -0.137. The standard InChI is InChI=1S/C16H11ClN2O3S2/c17-11-3-1-2-9-4-5-10(18-14(9)11)8-12-15(22)19(16(23)24-12)7-6-13(20)21/h1-5,8H,6-7H2,(H,20,21)/b12-8-. The van der Waals surface area contributed by atoms with E-state index in [1.165, 1.54) is 4.90 Å². The van der Waals surface area contributed by atoms with Gasteiger partial charge in [0.25, 0.3) is 5.91 Å². The lowest BCUT2D eigenvalue weighted by Crippen LogP contribution is -2.30. The van der Waals surface area contributed by atoms with Crippen molar-refractivity contribution in [2.24, 2.45) is 0 Å². The number of carboxylic acids is 1. The van der Waals surface area contributed by atoms with E-state index in [4.69, 9.17) is 28.9 Å². The number of hydrogen-bond donors (Lipinski definition) is 1. The van der Waals surface area contributed by atoms with Crippen molar-refractivity contribution in [3.63, 3.8) is 0 Å². The molecule has 1 aromatic heterocycles. The first kappa shape index (κ1) is 16.9. The first-order chi connectivity index (χ1) is 11.5. The van der Waals surface area contributed by atoms with E-state index in [9.17, 15) is 9.59 Å². The third-order valence-electron chi connectivity index (χ3n) is 3.39. The van der Waals surface area contributed by atoms with Crippen LogP contribution in [-0.2, 0) is 9.59 Å². The van der Waals surface area contributed by atoms with Gasteiger partial charge in [0.05, 0.1) is 27.6 Å². The van der Waals surface area contributed by atoms with Gasteiger partial charge in [-0.1, -0.05) is 53.8 Å². The summed E-state index contributed by atoms with van der Waals surface area (Å²) in [6.45, 7) is 0.0638. The van der Waals surface area contributed by atoms with E-state index in [1.54, 1.807) is 18.2 Å². The number of thiocarbonyl (C=S) groups is 1. The largest absolute Gasteiger partial charge is 0.481 e. The molecule has 0 aliphatic carbocycles. The number of pyridine rings is 1. The second-order valence-corrected chi connectivity index (χ2v) is 7.11. The molecule has 8 heteroatoms. The number of fused-ring (bicyclic) bond motifs is 1. The normalized spacial score (nSPS) is 16.4. The minimum absolute atomic E-state index is 0.0638. The minimum atomic E-state index is -0.973. The Kier molecular flexibility index (Phi) is 4.84. The molecule has 1 N–H and O–H groups in total. The van der Waals surface area contributed by atoms with Gasteiger partial charge in [-0.3, -0.25) is 14.5 Å². The van der Waals surface area contributed by atoms with Gasteiger partial charge in [-0.2, -0.15) is 0 Å². The maximum absolute atomic E-state index is 12.4. The van der Waals surface area contributed by atoms with Gasteiger partial charge < -0.3 is 5.11 Å². The van der Waals surface area contributed by atoms with E-state index in [-0.39, 0.29) is 18.9 Å². The highest BCUT2D eigenvalue weighted by Gasteiger charge is 2.32. The van der Waals surface area contributed by atoms with Crippen LogP contribution in [0.15, 0.2) is 35.2 Å². The first-order valence-corrected chi connectivity index (χ1v) is 8.58. The smallest absolute Gasteiger partial charge is 0.305 e. The van der Waals surface area contributed by atoms with Crippen LogP contribution in [0.25, 0.3) is 17.0 Å². The number of carbonyl (C=O) groups is 2. The number of nitrogens with zero attached hydrogens (tertiary/aromatic N) is 2. The molecule has 3 rings (SSSR count). The Balaban J connectivity index is 1.89. The van der Waals surface area contributed by atoms with Crippen LogP contribution in [0, 0.1) is 0 Å². The summed E-state index contributed by atoms with van der Waals surface area (Å²) in [7, 11) is 0. The summed E-state index contributed by atoms with van der Waals surface area (Å²) in [4.78, 5) is 29.2. The summed E-state index contributed by atoms with van der Waals surface area (Å²) >= 11 is 12.4. The summed E-state index contributed by atoms with van der Waals surface area (Å²) in [6.07, 6.45) is 1.49. The first-order valence-electron chi connectivity index (χ1n) is 6.98. The topological polar surface area (TPSA) is 70.5 Å². The number of aromatic nitrogens is 1.